The third-order valence-electron chi connectivity index (χ3n) is 4.11. The molecule has 4 heteroatoms. The van der Waals surface area contributed by atoms with E-state index < -0.39 is 0 Å². The van der Waals surface area contributed by atoms with Gasteiger partial charge in [0.25, 0.3) is 5.91 Å². The van der Waals surface area contributed by atoms with E-state index in [0.29, 0.717) is 11.8 Å². The number of para-hydroxylation sites is 1. The van der Waals surface area contributed by atoms with E-state index >= 15 is 0 Å². The summed E-state index contributed by atoms with van der Waals surface area (Å²) in [7, 11) is 1.90. The predicted octanol–water partition coefficient (Wildman–Crippen LogP) is 3.87. The van der Waals surface area contributed by atoms with Gasteiger partial charge in [-0.05, 0) is 59.7 Å². The van der Waals surface area contributed by atoms with Crippen LogP contribution in [0.2, 0.25) is 0 Å². The van der Waals surface area contributed by atoms with Crippen LogP contribution in [0, 0.1) is 5.92 Å². The molecule has 0 aliphatic heterocycles. The molecule has 0 bridgehead atoms. The van der Waals surface area contributed by atoms with E-state index in [2.05, 4.69) is 22.9 Å². The molecule has 0 aromatic heterocycles. The first-order chi connectivity index (χ1) is 9.58. The summed E-state index contributed by atoms with van der Waals surface area (Å²) in [4.78, 5) is 14.1. The van der Waals surface area contributed by atoms with E-state index in [-0.39, 0.29) is 12.5 Å². The molecule has 0 radical (unpaired) electrons. The van der Waals surface area contributed by atoms with Gasteiger partial charge in [-0.15, -0.1) is 0 Å². The van der Waals surface area contributed by atoms with Crippen LogP contribution in [0.15, 0.2) is 28.7 Å². The molecule has 1 amide bonds. The van der Waals surface area contributed by atoms with Gasteiger partial charge in [0, 0.05) is 13.1 Å². The van der Waals surface area contributed by atoms with Crippen LogP contribution in [0.4, 0.5) is 0 Å². The molecule has 1 aliphatic rings. The Morgan fingerprint density at radius 3 is 2.60 bits per heavy atom. The van der Waals surface area contributed by atoms with Crippen molar-refractivity contribution < 1.29 is 9.53 Å². The average molecular weight is 340 g/mol. The SMILES string of the molecule is CC1CCC(N(C)C(=O)COc2ccccc2Br)CC1. The number of hydrogen-bond acceptors (Lipinski definition) is 2. The standard InChI is InChI=1S/C16H22BrNO2/c1-12-7-9-13(10-8-12)18(2)16(19)11-20-15-6-4-3-5-14(15)17/h3-6,12-13H,7-11H2,1-2H3. The van der Waals surface area contributed by atoms with Crippen molar-refractivity contribution in [2.75, 3.05) is 13.7 Å². The van der Waals surface area contributed by atoms with E-state index in [0.717, 1.165) is 23.2 Å². The van der Waals surface area contributed by atoms with Gasteiger partial charge in [-0.3, -0.25) is 4.79 Å². The molecule has 1 aromatic rings. The quantitative estimate of drug-likeness (QED) is 0.833. The summed E-state index contributed by atoms with van der Waals surface area (Å²) in [5.74, 6) is 1.57. The zero-order valence-electron chi connectivity index (χ0n) is 12.1. The van der Waals surface area contributed by atoms with Gasteiger partial charge in [0.05, 0.1) is 4.47 Å². The highest BCUT2D eigenvalue weighted by Gasteiger charge is 2.24. The Morgan fingerprint density at radius 1 is 1.30 bits per heavy atom. The minimum atomic E-state index is 0.0558. The summed E-state index contributed by atoms with van der Waals surface area (Å²) in [6, 6.07) is 7.97. The lowest BCUT2D eigenvalue weighted by Gasteiger charge is -2.33. The number of likely N-dealkylation sites (N-methyl/N-ethyl adjacent to an activating group) is 1. The van der Waals surface area contributed by atoms with Crippen molar-refractivity contribution in [3.8, 4) is 5.75 Å². The van der Waals surface area contributed by atoms with Crippen molar-refractivity contribution in [2.24, 2.45) is 5.92 Å². The Labute approximate surface area is 129 Å². The van der Waals surface area contributed by atoms with Gasteiger partial charge in [-0.2, -0.15) is 0 Å². The Kier molecular flexibility index (Phi) is 5.46. The van der Waals surface area contributed by atoms with Crippen molar-refractivity contribution >= 4 is 21.8 Å². The fourth-order valence-corrected chi connectivity index (χ4v) is 3.04. The van der Waals surface area contributed by atoms with Gasteiger partial charge >= 0.3 is 0 Å². The topological polar surface area (TPSA) is 29.5 Å². The summed E-state index contributed by atoms with van der Waals surface area (Å²) >= 11 is 3.42. The molecule has 0 N–H and O–H groups in total. The fourth-order valence-electron chi connectivity index (χ4n) is 2.64. The maximum absolute atomic E-state index is 12.2. The van der Waals surface area contributed by atoms with Crippen LogP contribution in [-0.2, 0) is 4.79 Å². The van der Waals surface area contributed by atoms with Crippen molar-refractivity contribution in [1.82, 2.24) is 4.90 Å². The molecule has 0 heterocycles. The van der Waals surface area contributed by atoms with E-state index in [9.17, 15) is 4.79 Å². The van der Waals surface area contributed by atoms with Gasteiger partial charge in [-0.1, -0.05) is 19.1 Å². The Bertz CT molecular complexity index is 456. The molecule has 20 heavy (non-hydrogen) atoms. The number of ether oxygens (including phenoxy) is 1. The molecular formula is C16H22BrNO2. The predicted molar refractivity (Wildman–Crippen MR) is 83.8 cm³/mol. The number of nitrogens with zero attached hydrogens (tertiary/aromatic N) is 1. The normalized spacial score (nSPS) is 22.4. The highest BCUT2D eigenvalue weighted by molar-refractivity contribution is 9.10. The van der Waals surface area contributed by atoms with Crippen LogP contribution in [0.1, 0.15) is 32.6 Å². The van der Waals surface area contributed by atoms with Gasteiger partial charge in [0.2, 0.25) is 0 Å². The maximum atomic E-state index is 12.2. The first-order valence-corrected chi connectivity index (χ1v) is 8.00. The molecule has 1 saturated carbocycles. The molecule has 0 saturated heterocycles. The molecule has 0 spiro atoms. The Morgan fingerprint density at radius 2 is 1.95 bits per heavy atom. The van der Waals surface area contributed by atoms with Gasteiger partial charge in [-0.25, -0.2) is 0 Å². The lowest BCUT2D eigenvalue weighted by Crippen LogP contribution is -2.41. The van der Waals surface area contributed by atoms with Crippen LogP contribution in [0.5, 0.6) is 5.75 Å². The molecule has 3 nitrogen and oxygen atoms in total. The third-order valence-corrected chi connectivity index (χ3v) is 4.77. The smallest absolute Gasteiger partial charge is 0.260 e. The van der Waals surface area contributed by atoms with Crippen molar-refractivity contribution in [1.29, 1.82) is 0 Å². The second-order valence-corrected chi connectivity index (χ2v) is 6.49. The van der Waals surface area contributed by atoms with Gasteiger partial charge in [0.1, 0.15) is 5.75 Å². The number of carbonyl (C=O) groups excluding carboxylic acids is 1. The number of rotatable bonds is 4. The monoisotopic (exact) mass is 339 g/mol. The van der Waals surface area contributed by atoms with Crippen LogP contribution >= 0.6 is 15.9 Å². The number of halogens is 1. The average Bonchev–Trinajstić information content (AvgIpc) is 2.46. The number of carbonyl (C=O) groups is 1. The van der Waals surface area contributed by atoms with Crippen LogP contribution in [0.3, 0.4) is 0 Å². The summed E-state index contributed by atoms with van der Waals surface area (Å²) in [5, 5.41) is 0. The largest absolute Gasteiger partial charge is 0.483 e. The molecular weight excluding hydrogens is 318 g/mol. The fraction of sp³-hybridized carbons (Fsp3) is 0.562. The van der Waals surface area contributed by atoms with Gasteiger partial charge < -0.3 is 9.64 Å². The van der Waals surface area contributed by atoms with E-state index in [1.165, 1.54) is 12.8 Å². The Hall–Kier alpha value is -1.03. The third kappa shape index (κ3) is 3.98. The highest BCUT2D eigenvalue weighted by atomic mass is 79.9. The number of amides is 1. The van der Waals surface area contributed by atoms with E-state index in [4.69, 9.17) is 4.74 Å². The van der Waals surface area contributed by atoms with Crippen LogP contribution < -0.4 is 4.74 Å². The molecule has 110 valence electrons. The molecule has 0 unspecified atom stereocenters. The molecule has 1 aromatic carbocycles. The molecule has 1 fully saturated rings. The van der Waals surface area contributed by atoms with E-state index in [1.54, 1.807) is 0 Å². The zero-order valence-corrected chi connectivity index (χ0v) is 13.7. The summed E-state index contributed by atoms with van der Waals surface area (Å²) < 4.78 is 6.47. The van der Waals surface area contributed by atoms with Crippen LogP contribution in [0.25, 0.3) is 0 Å². The minimum Gasteiger partial charge on any atom is -0.483 e. The summed E-state index contributed by atoms with van der Waals surface area (Å²) in [5.41, 5.74) is 0. The van der Waals surface area contributed by atoms with Crippen molar-refractivity contribution in [2.45, 2.75) is 38.6 Å². The second-order valence-electron chi connectivity index (χ2n) is 5.64. The van der Waals surface area contributed by atoms with Crippen molar-refractivity contribution in [3.63, 3.8) is 0 Å². The lowest BCUT2D eigenvalue weighted by atomic mass is 9.87. The first kappa shape index (κ1) is 15.4. The molecule has 2 rings (SSSR count). The summed E-state index contributed by atoms with van der Waals surface area (Å²) in [6.07, 6.45) is 4.65. The zero-order chi connectivity index (χ0) is 14.5. The summed E-state index contributed by atoms with van der Waals surface area (Å²) in [6.45, 7) is 2.39. The number of hydrogen-bond donors (Lipinski definition) is 0. The molecule has 0 atom stereocenters. The lowest BCUT2D eigenvalue weighted by molar-refractivity contribution is -0.134. The van der Waals surface area contributed by atoms with E-state index in [1.807, 2.05) is 36.2 Å². The highest BCUT2D eigenvalue weighted by Crippen LogP contribution is 2.27. The molecule has 1 aliphatic carbocycles. The minimum absolute atomic E-state index is 0.0558. The van der Waals surface area contributed by atoms with Crippen LogP contribution in [-0.4, -0.2) is 30.5 Å². The maximum Gasteiger partial charge on any atom is 0.260 e. The van der Waals surface area contributed by atoms with Gasteiger partial charge in [0.15, 0.2) is 6.61 Å². The second kappa shape index (κ2) is 7.11. The number of benzene rings is 1. The first-order valence-electron chi connectivity index (χ1n) is 7.21. The Balaban J connectivity index is 1.84. The van der Waals surface area contributed by atoms with Crippen molar-refractivity contribution in [3.05, 3.63) is 28.7 Å².